The van der Waals surface area contributed by atoms with Gasteiger partial charge >= 0.3 is 0 Å². The third-order valence-electron chi connectivity index (χ3n) is 1.21. The van der Waals surface area contributed by atoms with Crippen molar-refractivity contribution in [1.82, 2.24) is 0 Å². The van der Waals surface area contributed by atoms with Gasteiger partial charge in [-0.15, -0.1) is 0 Å². The van der Waals surface area contributed by atoms with E-state index in [-0.39, 0.29) is 0 Å². The second-order valence-electron chi connectivity index (χ2n) is 1.83. The lowest BCUT2D eigenvalue weighted by atomic mass is 10.2. The Labute approximate surface area is 59.4 Å². The minimum absolute atomic E-state index is 0.542. The molecule has 0 bridgehead atoms. The lowest BCUT2D eigenvalue weighted by molar-refractivity contribution is 0.415. The first-order valence-corrected chi connectivity index (χ1v) is 2.89. The first-order chi connectivity index (χ1) is 4.86. The van der Waals surface area contributed by atoms with Crippen LogP contribution >= 0.6 is 0 Å². The summed E-state index contributed by atoms with van der Waals surface area (Å²) in [7, 11) is 1.58. The highest BCUT2D eigenvalue weighted by Gasteiger charge is 1.90. The van der Waals surface area contributed by atoms with Crippen molar-refractivity contribution in [3.63, 3.8) is 0 Å². The van der Waals surface area contributed by atoms with Gasteiger partial charge in [0, 0.05) is 5.56 Å². The Morgan fingerprint density at radius 1 is 1.30 bits per heavy atom. The third-order valence-corrected chi connectivity index (χ3v) is 1.21. The molecular weight excluding hydrogens is 128 g/mol. The molecule has 2 nitrogen and oxygen atoms in total. The number of carbonyl (C=O) groups excluding carboxylic acids is 1. The monoisotopic (exact) mass is 135 g/mol. The molecule has 1 radical (unpaired) electrons. The van der Waals surface area contributed by atoms with Crippen molar-refractivity contribution in [3.8, 4) is 5.75 Å². The van der Waals surface area contributed by atoms with Gasteiger partial charge in [0.15, 0.2) is 0 Å². The number of methoxy groups -OCH3 is 1. The first kappa shape index (κ1) is 6.81. The van der Waals surface area contributed by atoms with Gasteiger partial charge in [0.05, 0.1) is 7.11 Å². The molecule has 0 amide bonds. The lowest BCUT2D eigenvalue weighted by Crippen LogP contribution is -1.83. The van der Waals surface area contributed by atoms with Gasteiger partial charge in [0.2, 0.25) is 6.29 Å². The molecule has 0 unspecified atom stereocenters. The van der Waals surface area contributed by atoms with E-state index in [0.717, 1.165) is 5.75 Å². The van der Waals surface area contributed by atoms with E-state index in [4.69, 9.17) is 4.74 Å². The van der Waals surface area contributed by atoms with Crippen molar-refractivity contribution in [2.75, 3.05) is 7.11 Å². The molecule has 0 fully saturated rings. The molecule has 0 aliphatic heterocycles. The maximum Gasteiger partial charge on any atom is 0.233 e. The van der Waals surface area contributed by atoms with Crippen molar-refractivity contribution < 1.29 is 9.53 Å². The Hall–Kier alpha value is -1.31. The summed E-state index contributed by atoms with van der Waals surface area (Å²) < 4.78 is 4.88. The van der Waals surface area contributed by atoms with Gasteiger partial charge in [-0.25, -0.2) is 0 Å². The van der Waals surface area contributed by atoms with Gasteiger partial charge in [-0.2, -0.15) is 0 Å². The van der Waals surface area contributed by atoms with Gasteiger partial charge in [-0.1, -0.05) is 0 Å². The zero-order chi connectivity index (χ0) is 7.40. The maximum absolute atomic E-state index is 10.0. The highest BCUT2D eigenvalue weighted by atomic mass is 16.5. The van der Waals surface area contributed by atoms with Gasteiger partial charge in [0.25, 0.3) is 0 Å². The zero-order valence-electron chi connectivity index (χ0n) is 5.63. The summed E-state index contributed by atoms with van der Waals surface area (Å²) in [6.45, 7) is 0. The van der Waals surface area contributed by atoms with Gasteiger partial charge < -0.3 is 4.74 Å². The van der Waals surface area contributed by atoms with Gasteiger partial charge in [-0.3, -0.25) is 4.79 Å². The molecule has 0 aliphatic rings. The Kier molecular flexibility index (Phi) is 2.05. The van der Waals surface area contributed by atoms with Crippen LogP contribution in [0.25, 0.3) is 0 Å². The molecule has 0 spiro atoms. The number of benzene rings is 1. The molecular formula is C8H7O2. The largest absolute Gasteiger partial charge is 0.497 e. The second-order valence-corrected chi connectivity index (χ2v) is 1.83. The minimum atomic E-state index is 0.542. The summed E-state index contributed by atoms with van der Waals surface area (Å²) in [6.07, 6.45) is 1.77. The van der Waals surface area contributed by atoms with Crippen molar-refractivity contribution in [2.45, 2.75) is 0 Å². The molecule has 1 aromatic rings. The molecule has 0 saturated heterocycles. The van der Waals surface area contributed by atoms with E-state index in [1.54, 1.807) is 37.7 Å². The first-order valence-electron chi connectivity index (χ1n) is 2.89. The van der Waals surface area contributed by atoms with Crippen LogP contribution in [0.1, 0.15) is 5.56 Å². The summed E-state index contributed by atoms with van der Waals surface area (Å²) in [5, 5.41) is 0. The molecule has 2 heteroatoms. The standard InChI is InChI=1S/C8H7O2/c1-10-8-4-2-7(6-9)3-5-8/h2-5H,1H3. The minimum Gasteiger partial charge on any atom is -0.497 e. The fourth-order valence-electron chi connectivity index (χ4n) is 0.659. The highest BCUT2D eigenvalue weighted by molar-refractivity contribution is 5.75. The highest BCUT2D eigenvalue weighted by Crippen LogP contribution is 2.09. The quantitative estimate of drug-likeness (QED) is 0.608. The van der Waals surface area contributed by atoms with E-state index in [1.165, 1.54) is 0 Å². The fourth-order valence-corrected chi connectivity index (χ4v) is 0.659. The van der Waals surface area contributed by atoms with Crippen LogP contribution in [0.3, 0.4) is 0 Å². The summed E-state index contributed by atoms with van der Waals surface area (Å²) in [4.78, 5) is 10.0. The van der Waals surface area contributed by atoms with E-state index < -0.39 is 0 Å². The number of rotatable bonds is 2. The van der Waals surface area contributed by atoms with Crippen LogP contribution in [-0.2, 0) is 4.79 Å². The molecule has 51 valence electrons. The molecule has 10 heavy (non-hydrogen) atoms. The number of ether oxygens (including phenoxy) is 1. The zero-order valence-corrected chi connectivity index (χ0v) is 5.63. The van der Waals surface area contributed by atoms with Crippen molar-refractivity contribution in [3.05, 3.63) is 29.8 Å². The maximum atomic E-state index is 10.0. The summed E-state index contributed by atoms with van der Waals surface area (Å²) >= 11 is 0. The van der Waals surface area contributed by atoms with Gasteiger partial charge in [-0.05, 0) is 24.3 Å². The van der Waals surface area contributed by atoms with E-state index in [1.807, 2.05) is 0 Å². The van der Waals surface area contributed by atoms with Crippen LogP contribution in [0.5, 0.6) is 5.75 Å². The topological polar surface area (TPSA) is 26.3 Å². The van der Waals surface area contributed by atoms with Crippen LogP contribution in [-0.4, -0.2) is 13.4 Å². The second kappa shape index (κ2) is 3.01. The van der Waals surface area contributed by atoms with E-state index >= 15 is 0 Å². The molecule has 0 heterocycles. The predicted octanol–water partition coefficient (Wildman–Crippen LogP) is 1.15. The third kappa shape index (κ3) is 1.35. The SMILES string of the molecule is COc1ccc([C]=O)cc1. The normalized spacial score (nSPS) is 8.90. The molecule has 0 saturated carbocycles. The smallest absolute Gasteiger partial charge is 0.233 e. The van der Waals surface area contributed by atoms with E-state index in [2.05, 4.69) is 0 Å². The van der Waals surface area contributed by atoms with Crippen LogP contribution in [0.15, 0.2) is 24.3 Å². The lowest BCUT2D eigenvalue weighted by Gasteiger charge is -1.96. The van der Waals surface area contributed by atoms with Crippen LogP contribution < -0.4 is 4.74 Å². The van der Waals surface area contributed by atoms with E-state index in [0.29, 0.717) is 5.56 Å². The van der Waals surface area contributed by atoms with Crippen molar-refractivity contribution >= 4 is 6.29 Å². The summed E-state index contributed by atoms with van der Waals surface area (Å²) in [5.74, 6) is 0.749. The summed E-state index contributed by atoms with van der Waals surface area (Å²) in [6, 6.07) is 6.76. The Bertz CT molecular complexity index is 213. The van der Waals surface area contributed by atoms with E-state index in [9.17, 15) is 4.79 Å². The summed E-state index contributed by atoms with van der Waals surface area (Å²) in [5.41, 5.74) is 0.542. The average molecular weight is 135 g/mol. The van der Waals surface area contributed by atoms with Crippen LogP contribution in [0.4, 0.5) is 0 Å². The van der Waals surface area contributed by atoms with Gasteiger partial charge in [0.1, 0.15) is 5.75 Å². The molecule has 1 rings (SSSR count). The van der Waals surface area contributed by atoms with Crippen molar-refractivity contribution in [1.29, 1.82) is 0 Å². The van der Waals surface area contributed by atoms with Crippen LogP contribution in [0, 0.1) is 0 Å². The predicted molar refractivity (Wildman–Crippen MR) is 37.8 cm³/mol. The molecule has 1 aromatic carbocycles. The molecule has 0 aromatic heterocycles. The number of hydrogen-bond donors (Lipinski definition) is 0. The average Bonchev–Trinajstić information content (AvgIpc) is 2.05. The molecule has 0 aliphatic carbocycles. The van der Waals surface area contributed by atoms with Crippen molar-refractivity contribution in [2.24, 2.45) is 0 Å². The molecule has 0 N–H and O–H groups in total. The Morgan fingerprint density at radius 2 is 1.90 bits per heavy atom. The number of hydrogen-bond acceptors (Lipinski definition) is 2. The Balaban J connectivity index is 2.90. The van der Waals surface area contributed by atoms with Crippen LogP contribution in [0.2, 0.25) is 0 Å². The molecule has 0 atom stereocenters. The fraction of sp³-hybridized carbons (Fsp3) is 0.125. The Morgan fingerprint density at radius 3 is 2.30 bits per heavy atom.